The maximum atomic E-state index is 12.0. The van der Waals surface area contributed by atoms with Crippen molar-refractivity contribution in [1.82, 2.24) is 5.32 Å². The first-order valence-electron chi connectivity index (χ1n) is 7.42. The molecular formula is C18H24N2O2. The molecule has 0 saturated heterocycles. The average Bonchev–Trinajstić information content (AvgIpc) is 2.52. The molecule has 1 N–H and O–H groups in total. The van der Waals surface area contributed by atoms with E-state index in [2.05, 4.69) is 23.8 Å². The van der Waals surface area contributed by atoms with Gasteiger partial charge in [-0.2, -0.15) is 0 Å². The summed E-state index contributed by atoms with van der Waals surface area (Å²) in [5, 5.41) is 2.72. The van der Waals surface area contributed by atoms with Gasteiger partial charge in [-0.25, -0.2) is 4.99 Å². The Morgan fingerprint density at radius 1 is 1.36 bits per heavy atom. The predicted molar refractivity (Wildman–Crippen MR) is 90.8 cm³/mol. The summed E-state index contributed by atoms with van der Waals surface area (Å²) in [5.74, 6) is 0.232. The van der Waals surface area contributed by atoms with E-state index in [1.807, 2.05) is 25.1 Å². The molecule has 1 rings (SSSR count). The zero-order valence-electron chi connectivity index (χ0n) is 13.6. The summed E-state index contributed by atoms with van der Waals surface area (Å²) in [6.07, 6.45) is 4.77. The molecule has 0 fully saturated rings. The van der Waals surface area contributed by atoms with Gasteiger partial charge in [-0.1, -0.05) is 38.1 Å². The SMILES string of the molecule is C=C(/C=C(\N=C(\C)CCCC)OC)NC(=O)c1ccccc1. The van der Waals surface area contributed by atoms with Gasteiger partial charge in [-0.15, -0.1) is 0 Å². The Labute approximate surface area is 132 Å². The Morgan fingerprint density at radius 3 is 2.64 bits per heavy atom. The van der Waals surface area contributed by atoms with Gasteiger partial charge in [-0.05, 0) is 31.9 Å². The number of aliphatic imine (C=N–C) groups is 1. The Balaban J connectivity index is 2.69. The molecule has 0 atom stereocenters. The van der Waals surface area contributed by atoms with Crippen molar-refractivity contribution in [3.05, 3.63) is 60.1 Å². The van der Waals surface area contributed by atoms with E-state index in [-0.39, 0.29) is 5.91 Å². The van der Waals surface area contributed by atoms with E-state index >= 15 is 0 Å². The summed E-state index contributed by atoms with van der Waals surface area (Å²) >= 11 is 0. The van der Waals surface area contributed by atoms with Crippen LogP contribution in [0.25, 0.3) is 0 Å². The molecule has 0 bridgehead atoms. The number of allylic oxidation sites excluding steroid dienone is 1. The number of methoxy groups -OCH3 is 1. The van der Waals surface area contributed by atoms with Gasteiger partial charge in [0.05, 0.1) is 7.11 Å². The fourth-order valence-corrected chi connectivity index (χ4v) is 1.81. The zero-order chi connectivity index (χ0) is 16.4. The number of nitrogens with zero attached hydrogens (tertiary/aromatic N) is 1. The number of rotatable bonds is 8. The minimum atomic E-state index is -0.205. The minimum Gasteiger partial charge on any atom is -0.481 e. The second kappa shape index (κ2) is 9.55. The summed E-state index contributed by atoms with van der Waals surface area (Å²) in [5.41, 5.74) is 2.02. The van der Waals surface area contributed by atoms with E-state index in [0.717, 1.165) is 25.0 Å². The molecule has 0 unspecified atom stereocenters. The Bertz CT molecular complexity index is 560. The first-order valence-corrected chi connectivity index (χ1v) is 7.42. The van der Waals surface area contributed by atoms with Crippen LogP contribution in [0.4, 0.5) is 0 Å². The van der Waals surface area contributed by atoms with Crippen molar-refractivity contribution in [3.63, 3.8) is 0 Å². The zero-order valence-corrected chi connectivity index (χ0v) is 13.6. The first-order chi connectivity index (χ1) is 10.6. The molecule has 4 heteroatoms. The van der Waals surface area contributed by atoms with Gasteiger partial charge in [0.15, 0.2) is 0 Å². The largest absolute Gasteiger partial charge is 0.481 e. The molecule has 1 aromatic rings. The normalized spacial score (nSPS) is 12.0. The van der Waals surface area contributed by atoms with Crippen LogP contribution in [0.2, 0.25) is 0 Å². The number of hydrogen-bond donors (Lipinski definition) is 1. The fourth-order valence-electron chi connectivity index (χ4n) is 1.81. The van der Waals surface area contributed by atoms with Crippen LogP contribution >= 0.6 is 0 Å². The summed E-state index contributed by atoms with van der Waals surface area (Å²) in [6.45, 7) is 7.93. The summed E-state index contributed by atoms with van der Waals surface area (Å²) < 4.78 is 5.22. The Kier molecular flexibility index (Phi) is 7.68. The number of hydrogen-bond acceptors (Lipinski definition) is 3. The number of ether oxygens (including phenoxy) is 1. The first kappa shape index (κ1) is 17.7. The van der Waals surface area contributed by atoms with Crippen molar-refractivity contribution in [2.24, 2.45) is 4.99 Å². The molecule has 0 saturated carbocycles. The second-order valence-electron chi connectivity index (χ2n) is 4.98. The second-order valence-corrected chi connectivity index (χ2v) is 4.98. The highest BCUT2D eigenvalue weighted by atomic mass is 16.5. The number of carbonyl (C=O) groups is 1. The third kappa shape index (κ3) is 6.39. The van der Waals surface area contributed by atoms with Crippen molar-refractivity contribution in [1.29, 1.82) is 0 Å². The highest BCUT2D eigenvalue weighted by Gasteiger charge is 2.05. The minimum absolute atomic E-state index is 0.205. The maximum Gasteiger partial charge on any atom is 0.255 e. The monoisotopic (exact) mass is 300 g/mol. The molecule has 1 amide bonds. The van der Waals surface area contributed by atoms with Crippen molar-refractivity contribution >= 4 is 11.6 Å². The molecule has 4 nitrogen and oxygen atoms in total. The van der Waals surface area contributed by atoms with E-state index in [1.165, 1.54) is 0 Å². The molecule has 22 heavy (non-hydrogen) atoms. The lowest BCUT2D eigenvalue weighted by molar-refractivity contribution is 0.0967. The number of benzene rings is 1. The van der Waals surface area contributed by atoms with Crippen LogP contribution < -0.4 is 5.32 Å². The fraction of sp³-hybridized carbons (Fsp3) is 0.333. The Hall–Kier alpha value is -2.36. The quantitative estimate of drug-likeness (QED) is 0.447. The summed E-state index contributed by atoms with van der Waals surface area (Å²) in [4.78, 5) is 16.4. The summed E-state index contributed by atoms with van der Waals surface area (Å²) in [7, 11) is 1.55. The standard InChI is InChI=1S/C18H24N2O2/c1-5-6-10-14(2)19-17(22-4)13-15(3)20-18(21)16-11-8-7-9-12-16/h7-9,11-13H,3,5-6,10H2,1-2,4H3,(H,20,21)/b17-13+,19-14-. The lowest BCUT2D eigenvalue weighted by Gasteiger charge is -2.07. The average molecular weight is 300 g/mol. The van der Waals surface area contributed by atoms with Gasteiger partial charge in [0.25, 0.3) is 5.91 Å². The number of carbonyl (C=O) groups excluding carboxylic acids is 1. The van der Waals surface area contributed by atoms with E-state index in [1.54, 1.807) is 25.3 Å². The van der Waals surface area contributed by atoms with Gasteiger partial charge < -0.3 is 10.1 Å². The molecular weight excluding hydrogens is 276 g/mol. The third-order valence-electron chi connectivity index (χ3n) is 3.01. The third-order valence-corrected chi connectivity index (χ3v) is 3.01. The molecule has 0 aliphatic rings. The predicted octanol–water partition coefficient (Wildman–Crippen LogP) is 4.07. The number of nitrogens with one attached hydrogen (secondary N) is 1. The molecule has 0 aliphatic heterocycles. The van der Waals surface area contributed by atoms with Gasteiger partial charge >= 0.3 is 0 Å². The molecule has 0 spiro atoms. The molecule has 0 radical (unpaired) electrons. The Morgan fingerprint density at radius 2 is 2.05 bits per heavy atom. The molecule has 0 heterocycles. The molecule has 0 aromatic heterocycles. The van der Waals surface area contributed by atoms with Crippen LogP contribution in [0.1, 0.15) is 43.5 Å². The van der Waals surface area contributed by atoms with Gasteiger partial charge in [0.2, 0.25) is 5.88 Å². The lowest BCUT2D eigenvalue weighted by Crippen LogP contribution is -2.21. The van der Waals surface area contributed by atoms with Crippen molar-refractivity contribution < 1.29 is 9.53 Å². The van der Waals surface area contributed by atoms with E-state index in [0.29, 0.717) is 17.1 Å². The van der Waals surface area contributed by atoms with Crippen LogP contribution in [0.3, 0.4) is 0 Å². The van der Waals surface area contributed by atoms with Gasteiger partial charge in [0.1, 0.15) is 0 Å². The van der Waals surface area contributed by atoms with Crippen LogP contribution in [-0.4, -0.2) is 18.7 Å². The smallest absolute Gasteiger partial charge is 0.255 e. The summed E-state index contributed by atoms with van der Waals surface area (Å²) in [6, 6.07) is 8.99. The van der Waals surface area contributed by atoms with Crippen molar-refractivity contribution in [3.8, 4) is 0 Å². The van der Waals surface area contributed by atoms with Crippen LogP contribution in [-0.2, 0) is 4.74 Å². The van der Waals surface area contributed by atoms with Crippen LogP contribution in [0.15, 0.2) is 59.6 Å². The van der Waals surface area contributed by atoms with E-state index < -0.39 is 0 Å². The van der Waals surface area contributed by atoms with Crippen molar-refractivity contribution in [2.45, 2.75) is 33.1 Å². The van der Waals surface area contributed by atoms with E-state index in [4.69, 9.17) is 4.74 Å². The molecule has 1 aromatic carbocycles. The lowest BCUT2D eigenvalue weighted by atomic mass is 10.2. The maximum absolute atomic E-state index is 12.0. The molecule has 118 valence electrons. The number of amides is 1. The highest BCUT2D eigenvalue weighted by molar-refractivity contribution is 5.95. The van der Waals surface area contributed by atoms with Gasteiger partial charge in [0, 0.05) is 23.0 Å². The van der Waals surface area contributed by atoms with E-state index in [9.17, 15) is 4.79 Å². The topological polar surface area (TPSA) is 50.7 Å². The van der Waals surface area contributed by atoms with Crippen LogP contribution in [0, 0.1) is 0 Å². The number of unbranched alkanes of at least 4 members (excludes halogenated alkanes) is 1. The van der Waals surface area contributed by atoms with Crippen molar-refractivity contribution in [2.75, 3.05) is 7.11 Å². The molecule has 0 aliphatic carbocycles. The van der Waals surface area contributed by atoms with Gasteiger partial charge in [-0.3, -0.25) is 4.79 Å². The highest BCUT2D eigenvalue weighted by Crippen LogP contribution is 2.07. The van der Waals surface area contributed by atoms with Crippen LogP contribution in [0.5, 0.6) is 0 Å².